The van der Waals surface area contributed by atoms with Crippen molar-refractivity contribution in [3.05, 3.63) is 59.4 Å². The van der Waals surface area contributed by atoms with E-state index in [1.165, 1.54) is 37.4 Å². The van der Waals surface area contributed by atoms with Gasteiger partial charge < -0.3 is 19.5 Å². The molecule has 1 saturated heterocycles. The smallest absolute Gasteiger partial charge is 0.387 e. The highest BCUT2D eigenvalue weighted by atomic mass is 19.3. The van der Waals surface area contributed by atoms with Gasteiger partial charge in [-0.1, -0.05) is 12.1 Å². The van der Waals surface area contributed by atoms with Crippen molar-refractivity contribution in [2.75, 3.05) is 40.0 Å². The maximum atomic E-state index is 13.3. The molecule has 0 aromatic heterocycles. The maximum Gasteiger partial charge on any atom is 0.387 e. The highest BCUT2D eigenvalue weighted by molar-refractivity contribution is 5.94. The standard InChI is InChI=1S/C21H23F3N2O4/c1-28-18-7-4-15(12-19(18)30-21(23)24)20(27)25-13-17(26-8-10-29-11-9-26)14-2-5-16(22)6-3-14/h2-7,12,17,21H,8-11,13H2,1H3,(H,25,27)/t17-/m1/s1. The van der Waals surface area contributed by atoms with Crippen molar-refractivity contribution in [3.63, 3.8) is 0 Å². The van der Waals surface area contributed by atoms with Gasteiger partial charge in [0.15, 0.2) is 11.5 Å². The number of alkyl halides is 2. The summed E-state index contributed by atoms with van der Waals surface area (Å²) in [5, 5.41) is 2.83. The van der Waals surface area contributed by atoms with E-state index in [0.717, 1.165) is 5.56 Å². The van der Waals surface area contributed by atoms with Crippen LogP contribution in [-0.2, 0) is 4.74 Å². The highest BCUT2D eigenvalue weighted by Gasteiger charge is 2.24. The summed E-state index contributed by atoms with van der Waals surface area (Å²) >= 11 is 0. The largest absolute Gasteiger partial charge is 0.493 e. The fraction of sp³-hybridized carbons (Fsp3) is 0.381. The number of methoxy groups -OCH3 is 1. The Labute approximate surface area is 172 Å². The molecule has 0 unspecified atom stereocenters. The molecule has 1 N–H and O–H groups in total. The van der Waals surface area contributed by atoms with Gasteiger partial charge in [0.25, 0.3) is 5.91 Å². The number of rotatable bonds is 8. The predicted octanol–water partition coefficient (Wildman–Crippen LogP) is 3.24. The molecule has 1 heterocycles. The number of carbonyl (C=O) groups is 1. The molecule has 9 heteroatoms. The summed E-state index contributed by atoms with van der Waals surface area (Å²) in [6, 6.07) is 10.0. The molecule has 1 aliphatic heterocycles. The SMILES string of the molecule is COc1ccc(C(=O)NC[C@H](c2ccc(F)cc2)N2CCOCC2)cc1OC(F)F. The van der Waals surface area contributed by atoms with Crippen LogP contribution in [0.1, 0.15) is 22.0 Å². The van der Waals surface area contributed by atoms with Crippen LogP contribution in [-0.4, -0.2) is 57.4 Å². The lowest BCUT2D eigenvalue weighted by molar-refractivity contribution is -0.0512. The Bertz CT molecular complexity index is 843. The molecule has 2 aromatic carbocycles. The zero-order valence-corrected chi connectivity index (χ0v) is 16.4. The fourth-order valence-corrected chi connectivity index (χ4v) is 3.33. The molecule has 0 bridgehead atoms. The fourth-order valence-electron chi connectivity index (χ4n) is 3.33. The first kappa shape index (κ1) is 21.9. The van der Waals surface area contributed by atoms with Gasteiger partial charge in [0.05, 0.1) is 26.4 Å². The molecule has 30 heavy (non-hydrogen) atoms. The average Bonchev–Trinajstić information content (AvgIpc) is 2.75. The van der Waals surface area contributed by atoms with E-state index in [1.54, 1.807) is 12.1 Å². The van der Waals surface area contributed by atoms with E-state index in [0.29, 0.717) is 26.3 Å². The van der Waals surface area contributed by atoms with Crippen molar-refractivity contribution in [3.8, 4) is 11.5 Å². The van der Waals surface area contributed by atoms with Gasteiger partial charge in [-0.25, -0.2) is 4.39 Å². The van der Waals surface area contributed by atoms with Crippen molar-refractivity contribution in [2.24, 2.45) is 0 Å². The molecule has 0 saturated carbocycles. The number of nitrogens with zero attached hydrogens (tertiary/aromatic N) is 1. The van der Waals surface area contributed by atoms with Crippen LogP contribution in [0.5, 0.6) is 11.5 Å². The lowest BCUT2D eigenvalue weighted by Gasteiger charge is -2.35. The molecule has 1 amide bonds. The van der Waals surface area contributed by atoms with Gasteiger partial charge in [0, 0.05) is 25.2 Å². The lowest BCUT2D eigenvalue weighted by Crippen LogP contribution is -2.43. The minimum atomic E-state index is -3.04. The van der Waals surface area contributed by atoms with E-state index < -0.39 is 12.5 Å². The van der Waals surface area contributed by atoms with E-state index in [4.69, 9.17) is 9.47 Å². The zero-order chi connectivity index (χ0) is 21.5. The molecule has 0 radical (unpaired) electrons. The van der Waals surface area contributed by atoms with Gasteiger partial charge in [-0.3, -0.25) is 9.69 Å². The number of carbonyl (C=O) groups excluding carboxylic acids is 1. The predicted molar refractivity (Wildman–Crippen MR) is 103 cm³/mol. The van der Waals surface area contributed by atoms with E-state index in [1.807, 2.05) is 0 Å². The van der Waals surface area contributed by atoms with Crippen molar-refractivity contribution in [1.82, 2.24) is 10.2 Å². The third kappa shape index (κ3) is 5.64. The number of amides is 1. The van der Waals surface area contributed by atoms with Crippen LogP contribution in [0.15, 0.2) is 42.5 Å². The van der Waals surface area contributed by atoms with Crippen molar-refractivity contribution < 1.29 is 32.2 Å². The number of hydrogen-bond donors (Lipinski definition) is 1. The quantitative estimate of drug-likeness (QED) is 0.705. The van der Waals surface area contributed by atoms with Crippen molar-refractivity contribution in [2.45, 2.75) is 12.7 Å². The monoisotopic (exact) mass is 424 g/mol. The molecule has 6 nitrogen and oxygen atoms in total. The topological polar surface area (TPSA) is 60.0 Å². The number of halogens is 3. The normalized spacial score (nSPS) is 15.6. The summed E-state index contributed by atoms with van der Waals surface area (Å²) in [6.07, 6.45) is 0. The minimum absolute atomic E-state index is 0.101. The van der Waals surface area contributed by atoms with Crippen molar-refractivity contribution >= 4 is 5.91 Å². The second kappa shape index (κ2) is 10.3. The molecule has 3 rings (SSSR count). The van der Waals surface area contributed by atoms with Crippen LogP contribution in [0.3, 0.4) is 0 Å². The first-order chi connectivity index (χ1) is 14.5. The Hall–Kier alpha value is -2.78. The zero-order valence-electron chi connectivity index (χ0n) is 16.4. The van der Waals surface area contributed by atoms with Crippen LogP contribution in [0.4, 0.5) is 13.2 Å². The van der Waals surface area contributed by atoms with Crippen LogP contribution in [0, 0.1) is 5.82 Å². The number of ether oxygens (including phenoxy) is 3. The van der Waals surface area contributed by atoms with Gasteiger partial charge in [-0.2, -0.15) is 8.78 Å². The summed E-state index contributed by atoms with van der Waals surface area (Å²) in [7, 11) is 1.32. The average molecular weight is 424 g/mol. The van der Waals surface area contributed by atoms with E-state index >= 15 is 0 Å². The Balaban J connectivity index is 1.74. The highest BCUT2D eigenvalue weighted by Crippen LogP contribution is 2.29. The molecular weight excluding hydrogens is 401 g/mol. The molecule has 162 valence electrons. The van der Waals surface area contributed by atoms with Crippen LogP contribution in [0.2, 0.25) is 0 Å². The Kier molecular flexibility index (Phi) is 7.53. The first-order valence-electron chi connectivity index (χ1n) is 9.46. The third-order valence-corrected chi connectivity index (χ3v) is 4.84. The number of morpholine rings is 1. The van der Waals surface area contributed by atoms with E-state index in [2.05, 4.69) is 15.0 Å². The molecular formula is C21H23F3N2O4. The van der Waals surface area contributed by atoms with Crippen molar-refractivity contribution in [1.29, 1.82) is 0 Å². The maximum absolute atomic E-state index is 13.3. The Morgan fingerprint density at radius 3 is 2.47 bits per heavy atom. The summed E-state index contributed by atoms with van der Waals surface area (Å²) in [5.74, 6) is -0.904. The minimum Gasteiger partial charge on any atom is -0.493 e. The van der Waals surface area contributed by atoms with E-state index in [9.17, 15) is 18.0 Å². The van der Waals surface area contributed by atoms with Gasteiger partial charge in [0.1, 0.15) is 5.82 Å². The number of benzene rings is 2. The van der Waals surface area contributed by atoms with Gasteiger partial charge in [0.2, 0.25) is 0 Å². The second-order valence-electron chi connectivity index (χ2n) is 6.67. The van der Waals surface area contributed by atoms with E-state index in [-0.39, 0.29) is 35.5 Å². The molecule has 0 spiro atoms. The summed E-state index contributed by atoms with van der Waals surface area (Å²) in [5.41, 5.74) is 1.02. The Morgan fingerprint density at radius 2 is 1.83 bits per heavy atom. The summed E-state index contributed by atoms with van der Waals surface area (Å²) < 4.78 is 53.4. The summed E-state index contributed by atoms with van der Waals surface area (Å²) in [4.78, 5) is 14.8. The van der Waals surface area contributed by atoms with Gasteiger partial charge in [-0.15, -0.1) is 0 Å². The third-order valence-electron chi connectivity index (χ3n) is 4.84. The van der Waals surface area contributed by atoms with Gasteiger partial charge >= 0.3 is 6.61 Å². The van der Waals surface area contributed by atoms with Crippen LogP contribution >= 0.6 is 0 Å². The van der Waals surface area contributed by atoms with Crippen LogP contribution < -0.4 is 14.8 Å². The summed E-state index contributed by atoms with van der Waals surface area (Å²) in [6.45, 7) is -0.306. The molecule has 1 aliphatic rings. The Morgan fingerprint density at radius 1 is 1.13 bits per heavy atom. The number of hydrogen-bond acceptors (Lipinski definition) is 5. The first-order valence-corrected chi connectivity index (χ1v) is 9.46. The molecule has 0 aliphatic carbocycles. The molecule has 2 aromatic rings. The lowest BCUT2D eigenvalue weighted by atomic mass is 10.0. The second-order valence-corrected chi connectivity index (χ2v) is 6.67. The van der Waals surface area contributed by atoms with Gasteiger partial charge in [-0.05, 0) is 35.9 Å². The number of nitrogens with one attached hydrogen (secondary N) is 1. The molecule has 1 atom stereocenters. The molecule has 1 fully saturated rings. The van der Waals surface area contributed by atoms with Crippen LogP contribution in [0.25, 0.3) is 0 Å².